The quantitative estimate of drug-likeness (QED) is 0.727. The van der Waals surface area contributed by atoms with E-state index in [0.717, 1.165) is 44.0 Å². The predicted molar refractivity (Wildman–Crippen MR) is 103 cm³/mol. The number of aryl methyl sites for hydroxylation is 1. The molecule has 0 N–H and O–H groups in total. The van der Waals surface area contributed by atoms with Crippen LogP contribution in [0.1, 0.15) is 36.6 Å². The molecule has 1 fully saturated rings. The van der Waals surface area contributed by atoms with Crippen LogP contribution in [0, 0.1) is 5.92 Å². The molecular formula is C21H27NO2S. The number of benzene rings is 1. The maximum Gasteiger partial charge on any atom is 0.227 e. The van der Waals surface area contributed by atoms with Gasteiger partial charge in [0.1, 0.15) is 5.75 Å². The van der Waals surface area contributed by atoms with Crippen LogP contribution in [0.4, 0.5) is 0 Å². The van der Waals surface area contributed by atoms with Gasteiger partial charge in [-0.05, 0) is 67.7 Å². The van der Waals surface area contributed by atoms with Crippen molar-refractivity contribution in [3.05, 3.63) is 52.2 Å². The van der Waals surface area contributed by atoms with Crippen molar-refractivity contribution in [3.63, 3.8) is 0 Å². The number of rotatable bonds is 7. The maximum atomic E-state index is 12.4. The third kappa shape index (κ3) is 5.33. The molecule has 0 bridgehead atoms. The van der Waals surface area contributed by atoms with Crippen molar-refractivity contribution in [2.75, 3.05) is 19.7 Å². The van der Waals surface area contributed by atoms with Gasteiger partial charge in [0.25, 0.3) is 0 Å². The van der Waals surface area contributed by atoms with Gasteiger partial charge in [0, 0.05) is 18.0 Å². The van der Waals surface area contributed by atoms with E-state index in [1.165, 1.54) is 16.9 Å². The lowest BCUT2D eigenvalue weighted by atomic mass is 9.90. The Morgan fingerprint density at radius 1 is 1.20 bits per heavy atom. The largest absolute Gasteiger partial charge is 0.494 e. The topological polar surface area (TPSA) is 29.5 Å². The zero-order valence-electron chi connectivity index (χ0n) is 14.9. The number of amides is 1. The summed E-state index contributed by atoms with van der Waals surface area (Å²) in [6.45, 7) is 4.55. The summed E-state index contributed by atoms with van der Waals surface area (Å²) in [5, 5.41) is 2.04. The summed E-state index contributed by atoms with van der Waals surface area (Å²) < 4.78 is 5.49. The van der Waals surface area contributed by atoms with Gasteiger partial charge in [0.2, 0.25) is 5.91 Å². The van der Waals surface area contributed by atoms with Crippen LogP contribution in [0.5, 0.6) is 5.75 Å². The monoisotopic (exact) mass is 357 g/mol. The molecular weight excluding hydrogens is 330 g/mol. The first-order chi connectivity index (χ1) is 12.2. The molecule has 1 aliphatic heterocycles. The summed E-state index contributed by atoms with van der Waals surface area (Å²) >= 11 is 1.67. The third-order valence-electron chi connectivity index (χ3n) is 4.95. The van der Waals surface area contributed by atoms with E-state index in [0.29, 0.717) is 13.0 Å². The summed E-state index contributed by atoms with van der Waals surface area (Å²) in [6, 6.07) is 12.5. The number of carbonyl (C=O) groups is 1. The normalized spacial score (nSPS) is 15.3. The molecule has 0 atom stereocenters. The van der Waals surface area contributed by atoms with E-state index in [-0.39, 0.29) is 5.91 Å². The maximum absolute atomic E-state index is 12.4. The minimum absolute atomic E-state index is 0.285. The Morgan fingerprint density at radius 2 is 1.96 bits per heavy atom. The molecule has 0 spiro atoms. The fraction of sp³-hybridized carbons (Fsp3) is 0.476. The van der Waals surface area contributed by atoms with Crippen molar-refractivity contribution in [2.24, 2.45) is 5.92 Å². The molecule has 134 valence electrons. The van der Waals surface area contributed by atoms with Gasteiger partial charge in [-0.3, -0.25) is 4.79 Å². The standard InChI is InChI=1S/C21H27NO2S/c1-2-24-19-9-7-17(8-10-19)5-6-18-11-13-22(14-12-18)21(23)16-20-4-3-15-25-20/h3-4,7-10,15,18H,2,5-6,11-14,16H2,1H3. The Balaban J connectivity index is 1.39. The molecule has 3 nitrogen and oxygen atoms in total. The van der Waals surface area contributed by atoms with Crippen LogP contribution in [0.25, 0.3) is 0 Å². The van der Waals surface area contributed by atoms with Crippen LogP contribution in [0.3, 0.4) is 0 Å². The minimum Gasteiger partial charge on any atom is -0.494 e. The number of hydrogen-bond donors (Lipinski definition) is 0. The fourth-order valence-electron chi connectivity index (χ4n) is 3.43. The van der Waals surface area contributed by atoms with E-state index in [2.05, 4.69) is 24.3 Å². The number of hydrogen-bond acceptors (Lipinski definition) is 3. The van der Waals surface area contributed by atoms with Crippen LogP contribution in [0.15, 0.2) is 41.8 Å². The minimum atomic E-state index is 0.285. The lowest BCUT2D eigenvalue weighted by molar-refractivity contribution is -0.131. The highest BCUT2D eigenvalue weighted by Crippen LogP contribution is 2.24. The number of piperidine rings is 1. The van der Waals surface area contributed by atoms with Crippen LogP contribution < -0.4 is 4.74 Å². The van der Waals surface area contributed by atoms with Crippen molar-refractivity contribution in [2.45, 2.75) is 39.0 Å². The highest BCUT2D eigenvalue weighted by molar-refractivity contribution is 7.10. The molecule has 1 saturated heterocycles. The first kappa shape index (κ1) is 18.0. The summed E-state index contributed by atoms with van der Waals surface area (Å²) in [4.78, 5) is 15.6. The Morgan fingerprint density at radius 3 is 2.60 bits per heavy atom. The molecule has 3 rings (SSSR count). The second-order valence-electron chi connectivity index (χ2n) is 6.70. The van der Waals surface area contributed by atoms with Gasteiger partial charge in [-0.15, -0.1) is 11.3 Å². The van der Waals surface area contributed by atoms with Gasteiger partial charge in [-0.25, -0.2) is 0 Å². The van der Waals surface area contributed by atoms with Gasteiger partial charge < -0.3 is 9.64 Å². The summed E-state index contributed by atoms with van der Waals surface area (Å²) in [6.07, 6.45) is 5.15. The van der Waals surface area contributed by atoms with Crippen molar-refractivity contribution >= 4 is 17.2 Å². The Hall–Kier alpha value is -1.81. The van der Waals surface area contributed by atoms with Crippen molar-refractivity contribution in [1.82, 2.24) is 4.90 Å². The predicted octanol–water partition coefficient (Wildman–Crippen LogP) is 4.56. The van der Waals surface area contributed by atoms with Crippen molar-refractivity contribution in [3.8, 4) is 5.75 Å². The van der Waals surface area contributed by atoms with Crippen LogP contribution in [-0.4, -0.2) is 30.5 Å². The van der Waals surface area contributed by atoms with Crippen molar-refractivity contribution in [1.29, 1.82) is 0 Å². The van der Waals surface area contributed by atoms with E-state index in [1.54, 1.807) is 11.3 Å². The van der Waals surface area contributed by atoms with Crippen LogP contribution >= 0.6 is 11.3 Å². The van der Waals surface area contributed by atoms with Gasteiger partial charge in [0.05, 0.1) is 13.0 Å². The van der Waals surface area contributed by atoms with E-state index in [4.69, 9.17) is 4.74 Å². The molecule has 1 aliphatic rings. The molecule has 2 heterocycles. The second-order valence-corrected chi connectivity index (χ2v) is 7.73. The zero-order valence-corrected chi connectivity index (χ0v) is 15.8. The van der Waals surface area contributed by atoms with Gasteiger partial charge in [-0.2, -0.15) is 0 Å². The first-order valence-electron chi connectivity index (χ1n) is 9.26. The Bertz CT molecular complexity index is 643. The number of thiophene rings is 1. The van der Waals surface area contributed by atoms with Crippen LogP contribution in [0.2, 0.25) is 0 Å². The summed E-state index contributed by atoms with van der Waals surface area (Å²) in [5.74, 6) is 1.97. The van der Waals surface area contributed by atoms with E-state index in [9.17, 15) is 4.79 Å². The lowest BCUT2D eigenvalue weighted by Crippen LogP contribution is -2.39. The average molecular weight is 358 g/mol. The fourth-order valence-corrected chi connectivity index (χ4v) is 4.13. The van der Waals surface area contributed by atoms with E-state index in [1.807, 2.05) is 29.3 Å². The van der Waals surface area contributed by atoms with Gasteiger partial charge in [0.15, 0.2) is 0 Å². The van der Waals surface area contributed by atoms with Crippen molar-refractivity contribution < 1.29 is 9.53 Å². The molecule has 1 aromatic heterocycles. The van der Waals surface area contributed by atoms with Crippen LogP contribution in [-0.2, 0) is 17.6 Å². The highest BCUT2D eigenvalue weighted by atomic mass is 32.1. The molecule has 25 heavy (non-hydrogen) atoms. The zero-order chi connectivity index (χ0) is 17.5. The van der Waals surface area contributed by atoms with E-state index >= 15 is 0 Å². The third-order valence-corrected chi connectivity index (χ3v) is 5.82. The molecule has 0 aliphatic carbocycles. The molecule has 1 amide bonds. The molecule has 1 aromatic carbocycles. The Kier molecular flexibility index (Phi) is 6.51. The molecule has 0 saturated carbocycles. The Labute approximate surface area is 154 Å². The second kappa shape index (κ2) is 9.04. The molecule has 2 aromatic rings. The summed E-state index contributed by atoms with van der Waals surface area (Å²) in [5.41, 5.74) is 1.37. The highest BCUT2D eigenvalue weighted by Gasteiger charge is 2.22. The number of likely N-dealkylation sites (tertiary alicyclic amines) is 1. The number of carbonyl (C=O) groups excluding carboxylic acids is 1. The summed E-state index contributed by atoms with van der Waals surface area (Å²) in [7, 11) is 0. The van der Waals surface area contributed by atoms with Gasteiger partial charge >= 0.3 is 0 Å². The average Bonchev–Trinajstić information content (AvgIpc) is 3.15. The van der Waals surface area contributed by atoms with E-state index < -0.39 is 0 Å². The molecule has 0 unspecified atom stereocenters. The first-order valence-corrected chi connectivity index (χ1v) is 10.1. The lowest BCUT2D eigenvalue weighted by Gasteiger charge is -2.32. The number of ether oxygens (including phenoxy) is 1. The SMILES string of the molecule is CCOc1ccc(CCC2CCN(C(=O)Cc3cccs3)CC2)cc1. The number of nitrogens with zero attached hydrogens (tertiary/aromatic N) is 1. The molecule has 4 heteroatoms. The molecule has 0 radical (unpaired) electrons. The van der Waals surface area contributed by atoms with Gasteiger partial charge in [-0.1, -0.05) is 18.2 Å². The smallest absolute Gasteiger partial charge is 0.227 e.